The zero-order chi connectivity index (χ0) is 23.1. The van der Waals surface area contributed by atoms with E-state index in [4.69, 9.17) is 14.2 Å². The lowest BCUT2D eigenvalue weighted by molar-refractivity contribution is -0.119. The maximum absolute atomic E-state index is 15.0. The van der Waals surface area contributed by atoms with Crippen LogP contribution in [0.2, 0.25) is 0 Å². The van der Waals surface area contributed by atoms with Crippen LogP contribution in [0, 0.1) is 12.7 Å². The average molecular weight is 447 g/mol. The highest BCUT2D eigenvalue weighted by Crippen LogP contribution is 2.39. The van der Waals surface area contributed by atoms with Gasteiger partial charge in [0.2, 0.25) is 5.91 Å². The first-order chi connectivity index (χ1) is 15.9. The molecule has 1 amide bonds. The van der Waals surface area contributed by atoms with Crippen LogP contribution in [0.5, 0.6) is 23.0 Å². The maximum atomic E-state index is 15.0. The largest absolute Gasteiger partial charge is 0.493 e. The maximum Gasteiger partial charge on any atom is 0.217 e. The summed E-state index contributed by atoms with van der Waals surface area (Å²) in [5.74, 6) is 1.01. The molecule has 2 N–H and O–H groups in total. The van der Waals surface area contributed by atoms with Crippen molar-refractivity contribution in [3.63, 3.8) is 0 Å². The van der Waals surface area contributed by atoms with Crippen LogP contribution in [0.25, 0.3) is 21.8 Å². The minimum atomic E-state index is -0.432. The molecular weight excluding hydrogens is 425 g/mol. The molecule has 1 saturated carbocycles. The fourth-order valence-corrected chi connectivity index (χ4v) is 3.79. The Hall–Kier alpha value is -4.07. The van der Waals surface area contributed by atoms with Gasteiger partial charge in [-0.05, 0) is 49.2 Å². The smallest absolute Gasteiger partial charge is 0.217 e. The van der Waals surface area contributed by atoms with Crippen molar-refractivity contribution in [3.05, 3.63) is 65.9 Å². The zero-order valence-corrected chi connectivity index (χ0v) is 18.4. The standard InChI is InChI=1S/C25H22FN3O4/c1-13-8-17-18(28-13)4-5-22(25(17)26)33-21-6-7-27-20-11-24(23(31-3)10-16(20)21)32-12-15-9-19(15)29-14(2)30/h4-8,10-12,19,28H,9H2,1-3H3,(H,29,30)/b15-12+. The molecule has 7 nitrogen and oxygen atoms in total. The SMILES string of the molecule is COc1cc2c(Oc3ccc4[nH]c(C)cc4c3F)ccnc2cc1O/C=C1\CC1NC(C)=O. The average Bonchev–Trinajstić information content (AvgIpc) is 3.40. The minimum Gasteiger partial charge on any atom is -0.493 e. The number of aryl methyl sites for hydroxylation is 1. The summed E-state index contributed by atoms with van der Waals surface area (Å²) in [4.78, 5) is 18.7. The van der Waals surface area contributed by atoms with Gasteiger partial charge in [0.05, 0.1) is 24.9 Å². The van der Waals surface area contributed by atoms with E-state index in [1.807, 2.05) is 6.92 Å². The fourth-order valence-electron chi connectivity index (χ4n) is 3.79. The highest BCUT2D eigenvalue weighted by Gasteiger charge is 2.31. The number of carbonyl (C=O) groups is 1. The zero-order valence-electron chi connectivity index (χ0n) is 18.4. The van der Waals surface area contributed by atoms with E-state index in [2.05, 4.69) is 15.3 Å². The Labute approximate surface area is 189 Å². The van der Waals surface area contributed by atoms with Gasteiger partial charge in [0.1, 0.15) is 5.75 Å². The number of fused-ring (bicyclic) bond motifs is 2. The second kappa shape index (κ2) is 8.12. The van der Waals surface area contributed by atoms with Crippen LogP contribution < -0.4 is 19.5 Å². The second-order valence-corrected chi connectivity index (χ2v) is 7.99. The predicted molar refractivity (Wildman–Crippen MR) is 122 cm³/mol. The molecule has 0 saturated heterocycles. The van der Waals surface area contributed by atoms with E-state index in [1.165, 1.54) is 14.0 Å². The lowest BCUT2D eigenvalue weighted by Crippen LogP contribution is -2.22. The number of nitrogens with zero attached hydrogens (tertiary/aromatic N) is 1. The van der Waals surface area contributed by atoms with E-state index in [1.54, 1.807) is 48.9 Å². The van der Waals surface area contributed by atoms with Crippen LogP contribution >= 0.6 is 0 Å². The number of H-pyrrole nitrogens is 1. The number of pyridine rings is 1. The van der Waals surface area contributed by atoms with Gasteiger partial charge in [0.15, 0.2) is 23.1 Å². The molecule has 1 aliphatic rings. The number of methoxy groups -OCH3 is 1. The first-order valence-corrected chi connectivity index (χ1v) is 10.5. The number of rotatable bonds is 6. The number of ether oxygens (including phenoxy) is 3. The van der Waals surface area contributed by atoms with Gasteiger partial charge < -0.3 is 24.5 Å². The third kappa shape index (κ3) is 4.07. The van der Waals surface area contributed by atoms with Crippen LogP contribution in [-0.2, 0) is 4.79 Å². The second-order valence-electron chi connectivity index (χ2n) is 7.99. The van der Waals surface area contributed by atoms with E-state index >= 15 is 4.39 Å². The van der Waals surface area contributed by atoms with Crippen LogP contribution in [0.3, 0.4) is 0 Å². The first-order valence-electron chi connectivity index (χ1n) is 10.5. The van der Waals surface area contributed by atoms with Gasteiger partial charge in [-0.3, -0.25) is 9.78 Å². The highest BCUT2D eigenvalue weighted by molar-refractivity contribution is 5.89. The number of aromatic nitrogens is 2. The number of aromatic amines is 1. The third-order valence-electron chi connectivity index (χ3n) is 5.49. The molecule has 0 spiro atoms. The molecule has 1 atom stereocenters. The first kappa shape index (κ1) is 20.8. The van der Waals surface area contributed by atoms with Crippen molar-refractivity contribution in [2.24, 2.45) is 0 Å². The van der Waals surface area contributed by atoms with Gasteiger partial charge >= 0.3 is 0 Å². The molecule has 4 aromatic rings. The number of halogens is 1. The lowest BCUT2D eigenvalue weighted by atomic mass is 10.1. The molecule has 1 unspecified atom stereocenters. The summed E-state index contributed by atoms with van der Waals surface area (Å²) in [5, 5.41) is 3.96. The van der Waals surface area contributed by atoms with E-state index < -0.39 is 5.82 Å². The van der Waals surface area contributed by atoms with Crippen molar-refractivity contribution in [3.8, 4) is 23.0 Å². The Kier molecular flexibility index (Phi) is 5.12. The summed E-state index contributed by atoms with van der Waals surface area (Å²) < 4.78 is 32.3. The molecule has 2 heterocycles. The molecule has 168 valence electrons. The quantitative estimate of drug-likeness (QED) is 0.400. The molecule has 0 aliphatic heterocycles. The summed E-state index contributed by atoms with van der Waals surface area (Å²) in [6.45, 7) is 3.36. The monoisotopic (exact) mass is 447 g/mol. The highest BCUT2D eigenvalue weighted by atomic mass is 19.1. The molecule has 1 aliphatic carbocycles. The van der Waals surface area contributed by atoms with Gasteiger partial charge in [-0.1, -0.05) is 0 Å². The topological polar surface area (TPSA) is 85.5 Å². The number of amides is 1. The summed E-state index contributed by atoms with van der Waals surface area (Å²) >= 11 is 0. The molecule has 0 bridgehead atoms. The molecule has 33 heavy (non-hydrogen) atoms. The fraction of sp³-hybridized carbons (Fsp3) is 0.200. The normalized spacial score (nSPS) is 16.2. The van der Waals surface area contributed by atoms with E-state index in [-0.39, 0.29) is 17.7 Å². The number of hydrogen-bond acceptors (Lipinski definition) is 5. The number of hydrogen-bond donors (Lipinski definition) is 2. The Morgan fingerprint density at radius 1 is 1.15 bits per heavy atom. The van der Waals surface area contributed by atoms with Crippen molar-refractivity contribution in [1.82, 2.24) is 15.3 Å². The van der Waals surface area contributed by atoms with Gasteiger partial charge in [-0.25, -0.2) is 4.39 Å². The third-order valence-corrected chi connectivity index (χ3v) is 5.49. The van der Waals surface area contributed by atoms with Crippen LogP contribution in [0.4, 0.5) is 4.39 Å². The van der Waals surface area contributed by atoms with Gasteiger partial charge in [0.25, 0.3) is 0 Å². The Balaban J connectivity index is 1.46. The van der Waals surface area contributed by atoms with E-state index in [0.29, 0.717) is 39.1 Å². The molecule has 2 aromatic heterocycles. The van der Waals surface area contributed by atoms with Crippen molar-refractivity contribution in [1.29, 1.82) is 0 Å². The van der Waals surface area contributed by atoms with Crippen molar-refractivity contribution < 1.29 is 23.4 Å². The number of nitrogens with one attached hydrogen (secondary N) is 2. The molecule has 1 fully saturated rings. The van der Waals surface area contributed by atoms with Gasteiger partial charge in [-0.2, -0.15) is 0 Å². The van der Waals surface area contributed by atoms with Gasteiger partial charge in [0, 0.05) is 41.2 Å². The minimum absolute atomic E-state index is 0.0168. The molecule has 5 rings (SSSR count). The van der Waals surface area contributed by atoms with E-state index in [9.17, 15) is 4.79 Å². The molecule has 2 aromatic carbocycles. The summed E-state index contributed by atoms with van der Waals surface area (Å²) in [6, 6.07) is 10.3. The Morgan fingerprint density at radius 3 is 2.79 bits per heavy atom. The Bertz CT molecular complexity index is 1430. The van der Waals surface area contributed by atoms with Crippen molar-refractivity contribution in [2.75, 3.05) is 7.11 Å². The van der Waals surface area contributed by atoms with E-state index in [0.717, 1.165) is 17.7 Å². The number of benzene rings is 2. The molecule has 0 radical (unpaired) electrons. The molecular formula is C25H22FN3O4. The molecule has 8 heteroatoms. The summed E-state index contributed by atoms with van der Waals surface area (Å²) in [5.41, 5.74) is 3.18. The Morgan fingerprint density at radius 2 is 2.00 bits per heavy atom. The van der Waals surface area contributed by atoms with Crippen LogP contribution in [0.1, 0.15) is 19.0 Å². The van der Waals surface area contributed by atoms with Crippen LogP contribution in [-0.4, -0.2) is 29.0 Å². The van der Waals surface area contributed by atoms with Crippen LogP contribution in [0.15, 0.2) is 54.4 Å². The summed E-state index contributed by atoms with van der Waals surface area (Å²) in [7, 11) is 1.54. The summed E-state index contributed by atoms with van der Waals surface area (Å²) in [6.07, 6.45) is 3.97. The van der Waals surface area contributed by atoms with Crippen molar-refractivity contribution in [2.45, 2.75) is 26.3 Å². The predicted octanol–water partition coefficient (Wildman–Crippen LogP) is 5.14. The number of carbonyl (C=O) groups excluding carboxylic acids is 1. The van der Waals surface area contributed by atoms with Crippen molar-refractivity contribution >= 4 is 27.7 Å². The van der Waals surface area contributed by atoms with Gasteiger partial charge in [-0.15, -0.1) is 0 Å². The lowest BCUT2D eigenvalue weighted by Gasteiger charge is -2.13.